The molecule has 0 saturated carbocycles. The number of rotatable bonds is 15. The number of β-lactam (4-membered cyclic amide) rings is 1. The number of carboxylic acid groups (broad SMARTS) is 1. The smallest absolute Gasteiger partial charge is 0.352 e. The van der Waals surface area contributed by atoms with Gasteiger partial charge in [-0.3, -0.25) is 33.2 Å². The molecule has 1 saturated heterocycles. The summed E-state index contributed by atoms with van der Waals surface area (Å²) in [5.41, 5.74) is -0.492. The highest BCUT2D eigenvalue weighted by Crippen LogP contribution is 2.61. The number of aliphatic carboxylic acids is 1. The van der Waals surface area contributed by atoms with E-state index in [9.17, 15) is 57.8 Å². The molecular weight excluding hydrogens is 684 g/mol. The number of oxime groups is 1. The number of anilines is 1. The van der Waals surface area contributed by atoms with Crippen LogP contribution in [-0.4, -0.2) is 106 Å². The van der Waals surface area contributed by atoms with Gasteiger partial charge in [0.15, 0.2) is 16.2 Å². The second-order valence-corrected chi connectivity index (χ2v) is 15.5. The Kier molecular flexibility index (Phi) is 12.1. The van der Waals surface area contributed by atoms with Crippen molar-refractivity contribution in [3.8, 4) is 0 Å². The molecule has 0 aromatic carbocycles. The van der Waals surface area contributed by atoms with Crippen LogP contribution < -0.4 is 10.6 Å². The maximum absolute atomic E-state index is 13.1. The van der Waals surface area contributed by atoms with Crippen molar-refractivity contribution in [2.45, 2.75) is 49.4 Å². The van der Waals surface area contributed by atoms with Crippen LogP contribution in [0.4, 0.5) is 5.13 Å². The highest BCUT2D eigenvalue weighted by Gasteiger charge is 2.54. The molecule has 19 nitrogen and oxygen atoms in total. The van der Waals surface area contributed by atoms with E-state index in [0.29, 0.717) is 0 Å². The van der Waals surface area contributed by atoms with Gasteiger partial charge in [0.25, 0.3) is 11.8 Å². The number of nitrogens with one attached hydrogen (secondary N) is 2. The molecule has 248 valence electrons. The van der Waals surface area contributed by atoms with Crippen molar-refractivity contribution < 1.29 is 67.4 Å². The molecule has 2 atom stereocenters. The molecule has 0 radical (unpaired) electrons. The predicted molar refractivity (Wildman–Crippen MR) is 157 cm³/mol. The van der Waals surface area contributed by atoms with Crippen LogP contribution in [0, 0.1) is 0 Å². The highest BCUT2D eigenvalue weighted by atomic mass is 32.2. The minimum Gasteiger partial charge on any atom is -0.477 e. The second kappa shape index (κ2) is 15.0. The first-order chi connectivity index (χ1) is 20.9. The summed E-state index contributed by atoms with van der Waals surface area (Å²) < 4.78 is 27.6. The topological polar surface area (TPSA) is 292 Å². The monoisotopic (exact) mass is 713 g/mol. The van der Waals surface area contributed by atoms with Crippen molar-refractivity contribution in [2.24, 2.45) is 5.16 Å². The average molecular weight is 714 g/mol. The molecule has 1 aromatic rings. The Morgan fingerprint density at radius 2 is 1.84 bits per heavy atom. The molecule has 45 heavy (non-hydrogen) atoms. The zero-order valence-corrected chi connectivity index (χ0v) is 26.9. The molecule has 7 N–H and O–H groups in total. The van der Waals surface area contributed by atoms with Crippen LogP contribution in [0.2, 0.25) is 0 Å². The first-order valence-corrected chi connectivity index (χ1v) is 18.1. The summed E-state index contributed by atoms with van der Waals surface area (Å²) in [5.74, 6) is -4.06. The van der Waals surface area contributed by atoms with E-state index in [0.717, 1.165) is 42.0 Å². The number of ether oxygens (including phenoxy) is 1. The summed E-state index contributed by atoms with van der Waals surface area (Å²) in [7, 11) is -8.96. The number of hydrogen-bond acceptors (Lipinski definition) is 13. The number of amides is 3. The standard InChI is InChI=1S/C22H29N5O14P2S2/c1-10(28)41-7-11-8-44-20-16(19(31)27(20)17(11)21(32)33)25-18(30)15(26-40-2)12-9-45-22(23-12)24-13(29)5-3-4-6-14(42(34,35)36)43(37,38)39/h9,14,16,20H,3-8H2,1-2H3,(H,25,30)(H,32,33)(H,23,24,29)(H2,34,35,36)(H2,37,38,39)/b26-15-/t16-,20+/m1/s1. The number of esters is 1. The molecule has 0 unspecified atom stereocenters. The third-order valence-electron chi connectivity index (χ3n) is 6.27. The first-order valence-electron chi connectivity index (χ1n) is 12.8. The molecule has 3 amide bonds. The van der Waals surface area contributed by atoms with Crippen LogP contribution >= 0.6 is 38.3 Å². The molecule has 0 spiro atoms. The summed E-state index contributed by atoms with van der Waals surface area (Å²) in [4.78, 5) is 108. The molecule has 2 aliphatic heterocycles. The van der Waals surface area contributed by atoms with Gasteiger partial charge in [-0.25, -0.2) is 9.78 Å². The van der Waals surface area contributed by atoms with Crippen LogP contribution in [0.3, 0.4) is 0 Å². The lowest BCUT2D eigenvalue weighted by Gasteiger charge is -2.49. The number of aromatic nitrogens is 1. The summed E-state index contributed by atoms with van der Waals surface area (Å²) in [5, 5.41) is 16.8. The Bertz CT molecular complexity index is 1500. The van der Waals surface area contributed by atoms with E-state index in [4.69, 9.17) is 9.57 Å². The van der Waals surface area contributed by atoms with E-state index < -0.39 is 68.1 Å². The third kappa shape index (κ3) is 9.20. The zero-order valence-electron chi connectivity index (χ0n) is 23.5. The molecular formula is C22H29N5O14P2S2. The molecule has 2 aliphatic rings. The number of hydrogen-bond donors (Lipinski definition) is 7. The summed E-state index contributed by atoms with van der Waals surface area (Å²) in [6.07, 6.45) is -0.678. The zero-order chi connectivity index (χ0) is 33.7. The molecule has 23 heteroatoms. The number of unbranched alkanes of at least 4 members (excludes halogenated alkanes) is 1. The van der Waals surface area contributed by atoms with E-state index in [2.05, 4.69) is 20.8 Å². The second-order valence-electron chi connectivity index (χ2n) is 9.51. The maximum atomic E-state index is 13.1. The van der Waals surface area contributed by atoms with Crippen LogP contribution in [0.15, 0.2) is 21.8 Å². The number of carbonyl (C=O) groups is 5. The average Bonchev–Trinajstić information content (AvgIpc) is 3.38. The fourth-order valence-corrected chi connectivity index (χ4v) is 8.90. The van der Waals surface area contributed by atoms with E-state index in [1.165, 1.54) is 5.38 Å². The number of carboxylic acids is 1. The predicted octanol–water partition coefficient (Wildman–Crippen LogP) is -0.0243. The minimum atomic E-state index is -5.06. The van der Waals surface area contributed by atoms with Crippen molar-refractivity contribution in [3.05, 3.63) is 22.3 Å². The third-order valence-corrected chi connectivity index (χ3v) is 12.2. The molecule has 3 heterocycles. The van der Waals surface area contributed by atoms with Gasteiger partial charge in [0.05, 0.1) is 0 Å². The Labute approximate surface area is 262 Å². The van der Waals surface area contributed by atoms with Gasteiger partial charge in [-0.2, -0.15) is 0 Å². The molecule has 3 rings (SSSR count). The quantitative estimate of drug-likeness (QED) is 0.0314. The van der Waals surface area contributed by atoms with Gasteiger partial charge in [0.2, 0.25) is 5.91 Å². The van der Waals surface area contributed by atoms with Gasteiger partial charge in [-0.1, -0.05) is 11.6 Å². The van der Waals surface area contributed by atoms with Crippen LogP contribution in [0.1, 0.15) is 38.3 Å². The lowest BCUT2D eigenvalue weighted by molar-refractivity contribution is -0.150. The Morgan fingerprint density at radius 3 is 2.42 bits per heavy atom. The largest absolute Gasteiger partial charge is 0.477 e. The van der Waals surface area contributed by atoms with Crippen molar-refractivity contribution in [1.29, 1.82) is 0 Å². The molecule has 1 aromatic heterocycles. The fourth-order valence-electron chi connectivity index (χ4n) is 4.25. The van der Waals surface area contributed by atoms with Gasteiger partial charge < -0.3 is 44.9 Å². The summed E-state index contributed by atoms with van der Waals surface area (Å²) >= 11 is 2.08. The summed E-state index contributed by atoms with van der Waals surface area (Å²) in [6, 6.07) is -1.12. The van der Waals surface area contributed by atoms with E-state index in [1.54, 1.807) is 0 Å². The fraction of sp³-hybridized carbons (Fsp3) is 0.500. The van der Waals surface area contributed by atoms with Gasteiger partial charge in [0.1, 0.15) is 36.5 Å². The van der Waals surface area contributed by atoms with Crippen molar-refractivity contribution in [2.75, 3.05) is 24.8 Å². The molecule has 0 aliphatic carbocycles. The minimum absolute atomic E-state index is 0.0319. The number of thiazole rings is 1. The first kappa shape index (κ1) is 36.3. The van der Waals surface area contributed by atoms with Gasteiger partial charge in [-0.05, 0) is 12.8 Å². The molecule has 1 fully saturated rings. The Balaban J connectivity index is 1.60. The SMILES string of the molecule is CO/N=C(\C(=O)N[C@@H]1C(=O)N2C(C(=O)O)=C(COC(C)=O)CS[C@@H]12)c1csc(NC(=O)CCCCC(P(=O)(O)O)P(=O)(O)O)n1. The number of carbonyl (C=O) groups excluding carboxylic acids is 4. The van der Waals surface area contributed by atoms with Gasteiger partial charge >= 0.3 is 27.1 Å². The lowest BCUT2D eigenvalue weighted by Crippen LogP contribution is -2.71. The van der Waals surface area contributed by atoms with Crippen molar-refractivity contribution in [3.63, 3.8) is 0 Å². The van der Waals surface area contributed by atoms with Gasteiger partial charge in [0, 0.05) is 30.1 Å². The van der Waals surface area contributed by atoms with Crippen LogP contribution in [0.25, 0.3) is 0 Å². The number of fused-ring (bicyclic) bond motifs is 1. The Hall–Kier alpha value is -3.16. The maximum Gasteiger partial charge on any atom is 0.352 e. The normalized spacial score (nSPS) is 18.7. The summed E-state index contributed by atoms with van der Waals surface area (Å²) in [6.45, 7) is 0.854. The van der Waals surface area contributed by atoms with E-state index in [1.807, 2.05) is 0 Å². The molecule has 0 bridgehead atoms. The van der Waals surface area contributed by atoms with E-state index >= 15 is 0 Å². The van der Waals surface area contributed by atoms with E-state index in [-0.39, 0.29) is 59.4 Å². The number of nitrogens with zero attached hydrogens (tertiary/aromatic N) is 3. The van der Waals surface area contributed by atoms with Crippen LogP contribution in [-0.2, 0) is 42.7 Å². The Morgan fingerprint density at radius 1 is 1.18 bits per heavy atom. The lowest BCUT2D eigenvalue weighted by atomic mass is 10.0. The van der Waals surface area contributed by atoms with Crippen LogP contribution in [0.5, 0.6) is 0 Å². The number of thioether (sulfide) groups is 1. The highest BCUT2D eigenvalue weighted by molar-refractivity contribution is 8.00. The van der Waals surface area contributed by atoms with Crippen molar-refractivity contribution >= 4 is 78.8 Å². The van der Waals surface area contributed by atoms with Gasteiger partial charge in [-0.15, -0.1) is 23.1 Å². The van der Waals surface area contributed by atoms with Crippen molar-refractivity contribution in [1.82, 2.24) is 15.2 Å².